The fourth-order valence-corrected chi connectivity index (χ4v) is 1.87. The molecule has 0 heterocycles. The number of aliphatic hydroxyl groups is 2. The molecule has 0 aromatic rings. The van der Waals surface area contributed by atoms with E-state index in [9.17, 15) is 10.2 Å². The molecule has 15 heavy (non-hydrogen) atoms. The smallest absolute Gasteiger partial charge is 0.117 e. The van der Waals surface area contributed by atoms with Crippen LogP contribution in [0.3, 0.4) is 0 Å². The third kappa shape index (κ3) is 3.03. The molecule has 0 saturated carbocycles. The Morgan fingerprint density at radius 3 is 1.93 bits per heavy atom. The minimum absolute atomic E-state index is 0.216. The molecule has 0 spiro atoms. The maximum atomic E-state index is 10.0. The van der Waals surface area contributed by atoms with Crippen molar-refractivity contribution in [3.05, 3.63) is 12.2 Å². The van der Waals surface area contributed by atoms with Gasteiger partial charge in [0.25, 0.3) is 0 Å². The summed E-state index contributed by atoms with van der Waals surface area (Å²) in [6, 6.07) is 0. The van der Waals surface area contributed by atoms with E-state index in [0.29, 0.717) is 0 Å². The Kier molecular flexibility index (Phi) is 4.97. The van der Waals surface area contributed by atoms with Crippen molar-refractivity contribution in [3.63, 3.8) is 0 Å². The maximum Gasteiger partial charge on any atom is 0.117 e. The lowest BCUT2D eigenvalue weighted by Crippen LogP contribution is -2.54. The van der Waals surface area contributed by atoms with Crippen molar-refractivity contribution in [1.29, 1.82) is 0 Å². The zero-order chi connectivity index (χ0) is 12.3. The van der Waals surface area contributed by atoms with E-state index in [2.05, 4.69) is 0 Å². The van der Waals surface area contributed by atoms with E-state index in [1.807, 2.05) is 19.9 Å². The summed E-state index contributed by atoms with van der Waals surface area (Å²) in [4.78, 5) is 0. The number of methoxy groups -OCH3 is 1. The molecule has 3 unspecified atom stereocenters. The van der Waals surface area contributed by atoms with Crippen molar-refractivity contribution in [2.75, 3.05) is 7.11 Å². The van der Waals surface area contributed by atoms with Crippen LogP contribution in [0.15, 0.2) is 12.2 Å². The fraction of sp³-hybridized carbons (Fsp3) is 0.833. The van der Waals surface area contributed by atoms with Crippen LogP contribution in [-0.2, 0) is 4.74 Å². The number of rotatable bonds is 5. The summed E-state index contributed by atoms with van der Waals surface area (Å²) < 4.78 is 5.43. The largest absolute Gasteiger partial charge is 0.390 e. The first-order valence-electron chi connectivity index (χ1n) is 5.31. The van der Waals surface area contributed by atoms with Crippen LogP contribution in [0.4, 0.5) is 0 Å². The molecule has 0 rings (SSSR count). The first kappa shape index (κ1) is 14.6. The average Bonchev–Trinajstić information content (AvgIpc) is 2.11. The lowest BCUT2D eigenvalue weighted by molar-refractivity contribution is -0.144. The standard InChI is InChI=1S/C12H24O3/c1-7-8-12(15-6,10(3)13)9(2)11(4,5)14/h7-10,13-14H,1-6H3/b8-7+. The van der Waals surface area contributed by atoms with Crippen molar-refractivity contribution in [2.24, 2.45) is 5.92 Å². The molecule has 0 aliphatic heterocycles. The summed E-state index contributed by atoms with van der Waals surface area (Å²) in [7, 11) is 1.55. The highest BCUT2D eigenvalue weighted by Gasteiger charge is 2.45. The van der Waals surface area contributed by atoms with Gasteiger partial charge >= 0.3 is 0 Å². The van der Waals surface area contributed by atoms with Gasteiger partial charge in [-0.15, -0.1) is 0 Å². The SMILES string of the molecule is C/C=C/C(OC)(C(C)O)C(C)C(C)(C)O. The topological polar surface area (TPSA) is 49.7 Å². The van der Waals surface area contributed by atoms with E-state index in [1.165, 1.54) is 0 Å². The molecule has 0 saturated heterocycles. The number of aliphatic hydroxyl groups excluding tert-OH is 1. The molecule has 0 fully saturated rings. The second-order valence-electron chi connectivity index (χ2n) is 4.61. The first-order chi connectivity index (χ1) is 6.72. The van der Waals surface area contributed by atoms with Crippen molar-refractivity contribution in [1.82, 2.24) is 0 Å². The summed E-state index contributed by atoms with van der Waals surface area (Å²) in [5, 5.41) is 19.8. The Morgan fingerprint density at radius 1 is 1.27 bits per heavy atom. The van der Waals surface area contributed by atoms with Gasteiger partial charge in [0.05, 0.1) is 11.7 Å². The summed E-state index contributed by atoms with van der Waals surface area (Å²) in [5.74, 6) is -0.216. The molecule has 0 aromatic heterocycles. The van der Waals surface area contributed by atoms with Crippen molar-refractivity contribution in [2.45, 2.75) is 51.9 Å². The van der Waals surface area contributed by atoms with E-state index in [0.717, 1.165) is 0 Å². The fourth-order valence-electron chi connectivity index (χ4n) is 1.87. The molecule has 0 aliphatic carbocycles. The van der Waals surface area contributed by atoms with Gasteiger partial charge in [0.1, 0.15) is 5.60 Å². The molecule has 3 nitrogen and oxygen atoms in total. The van der Waals surface area contributed by atoms with Crippen molar-refractivity contribution < 1.29 is 14.9 Å². The second kappa shape index (κ2) is 5.10. The zero-order valence-corrected chi connectivity index (χ0v) is 10.6. The predicted octanol–water partition coefficient (Wildman–Crippen LogP) is 1.74. The van der Waals surface area contributed by atoms with E-state index >= 15 is 0 Å². The van der Waals surface area contributed by atoms with Crippen molar-refractivity contribution in [3.8, 4) is 0 Å². The van der Waals surface area contributed by atoms with Gasteiger partial charge in [0.2, 0.25) is 0 Å². The van der Waals surface area contributed by atoms with Crippen LogP contribution in [0.5, 0.6) is 0 Å². The predicted molar refractivity (Wildman–Crippen MR) is 61.7 cm³/mol. The van der Waals surface area contributed by atoms with E-state index < -0.39 is 17.3 Å². The maximum absolute atomic E-state index is 10.0. The summed E-state index contributed by atoms with van der Waals surface area (Å²) in [5.41, 5.74) is -1.75. The molecule has 0 bridgehead atoms. The second-order valence-corrected chi connectivity index (χ2v) is 4.61. The molecule has 2 N–H and O–H groups in total. The quantitative estimate of drug-likeness (QED) is 0.688. The van der Waals surface area contributed by atoms with Crippen LogP contribution < -0.4 is 0 Å². The lowest BCUT2D eigenvalue weighted by Gasteiger charge is -2.43. The Morgan fingerprint density at radius 2 is 1.73 bits per heavy atom. The highest BCUT2D eigenvalue weighted by atomic mass is 16.5. The van der Waals surface area contributed by atoms with E-state index in [-0.39, 0.29) is 5.92 Å². The molecule has 0 radical (unpaired) electrons. The Hall–Kier alpha value is -0.380. The van der Waals surface area contributed by atoms with E-state index in [4.69, 9.17) is 4.74 Å². The average molecular weight is 216 g/mol. The summed E-state index contributed by atoms with van der Waals surface area (Å²) in [6.45, 7) is 8.85. The molecular weight excluding hydrogens is 192 g/mol. The minimum atomic E-state index is -0.910. The van der Waals surface area contributed by atoms with Gasteiger partial charge in [-0.1, -0.05) is 19.1 Å². The van der Waals surface area contributed by atoms with Crippen LogP contribution >= 0.6 is 0 Å². The van der Waals surface area contributed by atoms with Crippen LogP contribution in [0.25, 0.3) is 0 Å². The molecule has 0 amide bonds. The highest BCUT2D eigenvalue weighted by molar-refractivity contribution is 5.10. The van der Waals surface area contributed by atoms with Gasteiger partial charge in [0, 0.05) is 13.0 Å². The van der Waals surface area contributed by atoms with Gasteiger partial charge in [0.15, 0.2) is 0 Å². The molecule has 0 aromatic carbocycles. The Balaban J connectivity index is 5.25. The number of ether oxygens (including phenoxy) is 1. The van der Waals surface area contributed by atoms with Gasteiger partial charge < -0.3 is 14.9 Å². The third-order valence-corrected chi connectivity index (χ3v) is 3.17. The third-order valence-electron chi connectivity index (χ3n) is 3.17. The highest BCUT2D eigenvalue weighted by Crippen LogP contribution is 2.34. The Bertz CT molecular complexity index is 215. The summed E-state index contributed by atoms with van der Waals surface area (Å²) in [6.07, 6.45) is 2.96. The van der Waals surface area contributed by atoms with Crippen molar-refractivity contribution >= 4 is 0 Å². The molecule has 3 heteroatoms. The number of hydrogen-bond acceptors (Lipinski definition) is 3. The Labute approximate surface area is 92.8 Å². The monoisotopic (exact) mass is 216 g/mol. The lowest BCUT2D eigenvalue weighted by atomic mass is 9.75. The van der Waals surface area contributed by atoms with Gasteiger partial charge in [-0.2, -0.15) is 0 Å². The molecule has 0 aliphatic rings. The normalized spacial score (nSPS) is 21.3. The van der Waals surface area contributed by atoms with Gasteiger partial charge in [-0.05, 0) is 27.7 Å². The zero-order valence-electron chi connectivity index (χ0n) is 10.6. The van der Waals surface area contributed by atoms with Crippen LogP contribution in [0, 0.1) is 5.92 Å². The number of allylic oxidation sites excluding steroid dienone is 1. The van der Waals surface area contributed by atoms with Crippen LogP contribution in [0.1, 0.15) is 34.6 Å². The molecular formula is C12H24O3. The molecule has 90 valence electrons. The minimum Gasteiger partial charge on any atom is -0.390 e. The first-order valence-corrected chi connectivity index (χ1v) is 5.31. The molecule has 3 atom stereocenters. The van der Waals surface area contributed by atoms with Gasteiger partial charge in [-0.3, -0.25) is 0 Å². The van der Waals surface area contributed by atoms with Gasteiger partial charge in [-0.25, -0.2) is 0 Å². The summed E-state index contributed by atoms with van der Waals surface area (Å²) >= 11 is 0. The van der Waals surface area contributed by atoms with E-state index in [1.54, 1.807) is 34.0 Å². The number of hydrogen-bond donors (Lipinski definition) is 2. The van der Waals surface area contributed by atoms with Crippen LogP contribution in [0.2, 0.25) is 0 Å². The van der Waals surface area contributed by atoms with Crippen LogP contribution in [-0.4, -0.2) is 34.6 Å².